The fourth-order valence-electron chi connectivity index (χ4n) is 1.71. The Balaban J connectivity index is 2.42. The van der Waals surface area contributed by atoms with Gasteiger partial charge in [-0.15, -0.1) is 0 Å². The second kappa shape index (κ2) is 3.38. The summed E-state index contributed by atoms with van der Waals surface area (Å²) in [6.45, 7) is 0.555. The highest BCUT2D eigenvalue weighted by Gasteiger charge is 2.25. The van der Waals surface area contributed by atoms with E-state index in [1.54, 1.807) is 30.1 Å². The molecule has 0 saturated heterocycles. The van der Waals surface area contributed by atoms with Gasteiger partial charge in [-0.25, -0.2) is 4.79 Å². The third kappa shape index (κ3) is 1.48. The van der Waals surface area contributed by atoms with Crippen LogP contribution in [0.5, 0.6) is 0 Å². The van der Waals surface area contributed by atoms with Crippen LogP contribution in [0.1, 0.15) is 26.3 Å². The average Bonchev–Trinajstić information content (AvgIpc) is 2.53. The summed E-state index contributed by atoms with van der Waals surface area (Å²) in [4.78, 5) is 24.4. The maximum absolute atomic E-state index is 11.6. The number of hydrogen-bond acceptors (Lipinski definition) is 3. The van der Waals surface area contributed by atoms with Gasteiger partial charge in [0.15, 0.2) is 0 Å². The molecule has 0 fully saturated rings. The van der Waals surface area contributed by atoms with Gasteiger partial charge in [0, 0.05) is 19.2 Å². The number of rotatable bonds is 1. The van der Waals surface area contributed by atoms with Gasteiger partial charge in [-0.3, -0.25) is 4.79 Å². The summed E-state index contributed by atoms with van der Waals surface area (Å²) in [5.74, 6) is -0.374. The second-order valence-electron chi connectivity index (χ2n) is 3.52. The highest BCUT2D eigenvalue weighted by molar-refractivity contribution is 5.99. The van der Waals surface area contributed by atoms with E-state index in [4.69, 9.17) is 0 Å². The largest absolute Gasteiger partial charge is 0.465 e. The molecule has 4 nitrogen and oxygen atoms in total. The number of esters is 1. The second-order valence-corrected chi connectivity index (χ2v) is 3.52. The molecule has 1 aromatic rings. The predicted octanol–water partition coefficient (Wildman–Crippen LogP) is 1.06. The SMILES string of the molecule is COC(=O)c1ccc2c(c1)CN(C)C2=O. The molecular weight excluding hydrogens is 194 g/mol. The molecule has 1 amide bonds. The first-order valence-corrected chi connectivity index (χ1v) is 4.60. The van der Waals surface area contributed by atoms with Crippen LogP contribution in [0, 0.1) is 0 Å². The third-order valence-corrected chi connectivity index (χ3v) is 2.51. The lowest BCUT2D eigenvalue weighted by atomic mass is 10.1. The molecule has 0 aliphatic carbocycles. The van der Waals surface area contributed by atoms with Crippen molar-refractivity contribution in [2.45, 2.75) is 6.54 Å². The molecule has 0 saturated carbocycles. The summed E-state index contributed by atoms with van der Waals surface area (Å²) >= 11 is 0. The standard InChI is InChI=1S/C11H11NO3/c1-12-6-8-5-7(11(14)15-2)3-4-9(8)10(12)13/h3-5H,6H2,1-2H3. The van der Waals surface area contributed by atoms with E-state index in [0.29, 0.717) is 17.7 Å². The summed E-state index contributed by atoms with van der Waals surface area (Å²) < 4.78 is 4.61. The smallest absolute Gasteiger partial charge is 0.337 e. The number of hydrogen-bond donors (Lipinski definition) is 0. The van der Waals surface area contributed by atoms with E-state index in [1.807, 2.05) is 0 Å². The first kappa shape index (κ1) is 9.71. The van der Waals surface area contributed by atoms with Gasteiger partial charge >= 0.3 is 5.97 Å². The third-order valence-electron chi connectivity index (χ3n) is 2.51. The number of amides is 1. The van der Waals surface area contributed by atoms with E-state index in [1.165, 1.54) is 7.11 Å². The number of methoxy groups -OCH3 is 1. The lowest BCUT2D eigenvalue weighted by molar-refractivity contribution is 0.0600. The van der Waals surface area contributed by atoms with Gasteiger partial charge in [0.1, 0.15) is 0 Å². The van der Waals surface area contributed by atoms with Crippen LogP contribution in [0.3, 0.4) is 0 Å². The van der Waals surface area contributed by atoms with Gasteiger partial charge < -0.3 is 9.64 Å². The molecule has 1 aromatic carbocycles. The van der Waals surface area contributed by atoms with Crippen LogP contribution in [-0.4, -0.2) is 30.9 Å². The Hall–Kier alpha value is -1.84. The van der Waals surface area contributed by atoms with Crippen molar-refractivity contribution < 1.29 is 14.3 Å². The van der Waals surface area contributed by atoms with Crippen LogP contribution < -0.4 is 0 Å². The van der Waals surface area contributed by atoms with E-state index in [0.717, 1.165) is 5.56 Å². The summed E-state index contributed by atoms with van der Waals surface area (Å²) in [7, 11) is 3.08. The topological polar surface area (TPSA) is 46.6 Å². The molecule has 2 rings (SSSR count). The van der Waals surface area contributed by atoms with Crippen LogP contribution in [0.4, 0.5) is 0 Å². The number of carbonyl (C=O) groups is 2. The molecule has 1 heterocycles. The number of ether oxygens (including phenoxy) is 1. The van der Waals surface area contributed by atoms with Gasteiger partial charge in [0.05, 0.1) is 12.7 Å². The van der Waals surface area contributed by atoms with Gasteiger partial charge in [0.25, 0.3) is 5.91 Å². The summed E-state index contributed by atoms with van der Waals surface area (Å²) in [5, 5.41) is 0. The quantitative estimate of drug-likeness (QED) is 0.644. The molecule has 1 aliphatic rings. The van der Waals surface area contributed by atoms with Crippen molar-refractivity contribution in [2.24, 2.45) is 0 Å². The molecular formula is C11H11NO3. The van der Waals surface area contributed by atoms with Crippen LogP contribution in [0.15, 0.2) is 18.2 Å². The number of benzene rings is 1. The van der Waals surface area contributed by atoms with E-state index in [9.17, 15) is 9.59 Å². The normalized spacial score (nSPS) is 14.0. The van der Waals surface area contributed by atoms with Crippen molar-refractivity contribution in [2.75, 3.05) is 14.2 Å². The molecule has 0 aromatic heterocycles. The van der Waals surface area contributed by atoms with Gasteiger partial charge in [0.2, 0.25) is 0 Å². The summed E-state index contributed by atoms with van der Waals surface area (Å²) in [5.41, 5.74) is 2.04. The first-order chi connectivity index (χ1) is 7.13. The van der Waals surface area contributed by atoms with Crippen molar-refractivity contribution in [3.8, 4) is 0 Å². The van der Waals surface area contributed by atoms with E-state index < -0.39 is 0 Å². The van der Waals surface area contributed by atoms with E-state index in [2.05, 4.69) is 4.74 Å². The number of fused-ring (bicyclic) bond motifs is 1. The monoisotopic (exact) mass is 205 g/mol. The maximum Gasteiger partial charge on any atom is 0.337 e. The molecule has 0 N–H and O–H groups in total. The zero-order valence-electron chi connectivity index (χ0n) is 8.61. The van der Waals surface area contributed by atoms with Crippen molar-refractivity contribution in [1.29, 1.82) is 0 Å². The fourth-order valence-corrected chi connectivity index (χ4v) is 1.71. The van der Waals surface area contributed by atoms with Crippen molar-refractivity contribution >= 4 is 11.9 Å². The Morgan fingerprint density at radius 3 is 2.87 bits per heavy atom. The summed E-state index contributed by atoms with van der Waals surface area (Å²) in [6.07, 6.45) is 0. The molecule has 0 spiro atoms. The molecule has 78 valence electrons. The van der Waals surface area contributed by atoms with Gasteiger partial charge in [-0.1, -0.05) is 0 Å². The van der Waals surface area contributed by atoms with Crippen LogP contribution >= 0.6 is 0 Å². The maximum atomic E-state index is 11.6. The molecule has 1 aliphatic heterocycles. The molecule has 0 atom stereocenters. The Labute approximate surface area is 87.4 Å². The Kier molecular flexibility index (Phi) is 2.19. The zero-order valence-corrected chi connectivity index (χ0v) is 8.61. The lowest BCUT2D eigenvalue weighted by Crippen LogP contribution is -2.17. The van der Waals surface area contributed by atoms with Crippen LogP contribution in [0.25, 0.3) is 0 Å². The summed E-state index contributed by atoms with van der Waals surface area (Å²) in [6, 6.07) is 5.00. The van der Waals surface area contributed by atoms with Crippen molar-refractivity contribution in [3.05, 3.63) is 34.9 Å². The predicted molar refractivity (Wildman–Crippen MR) is 53.6 cm³/mol. The van der Waals surface area contributed by atoms with Crippen LogP contribution in [-0.2, 0) is 11.3 Å². The Morgan fingerprint density at radius 2 is 2.20 bits per heavy atom. The number of carbonyl (C=O) groups excluding carboxylic acids is 2. The minimum atomic E-state index is -0.375. The van der Waals surface area contributed by atoms with E-state index in [-0.39, 0.29) is 11.9 Å². The highest BCUT2D eigenvalue weighted by atomic mass is 16.5. The first-order valence-electron chi connectivity index (χ1n) is 4.60. The molecule has 0 unspecified atom stereocenters. The zero-order chi connectivity index (χ0) is 11.0. The van der Waals surface area contributed by atoms with Crippen molar-refractivity contribution in [3.63, 3.8) is 0 Å². The molecule has 15 heavy (non-hydrogen) atoms. The van der Waals surface area contributed by atoms with Crippen LogP contribution in [0.2, 0.25) is 0 Å². The molecule has 4 heteroatoms. The Morgan fingerprint density at radius 1 is 1.47 bits per heavy atom. The fraction of sp³-hybridized carbons (Fsp3) is 0.273. The molecule has 0 bridgehead atoms. The van der Waals surface area contributed by atoms with Gasteiger partial charge in [-0.05, 0) is 23.8 Å². The van der Waals surface area contributed by atoms with E-state index >= 15 is 0 Å². The minimum absolute atomic E-state index is 0.00131. The Bertz CT molecular complexity index is 439. The lowest BCUT2D eigenvalue weighted by Gasteiger charge is -2.04. The highest BCUT2D eigenvalue weighted by Crippen LogP contribution is 2.22. The average molecular weight is 205 g/mol. The van der Waals surface area contributed by atoms with Gasteiger partial charge in [-0.2, -0.15) is 0 Å². The minimum Gasteiger partial charge on any atom is -0.465 e. The van der Waals surface area contributed by atoms with Crippen molar-refractivity contribution in [1.82, 2.24) is 4.90 Å². The number of nitrogens with zero attached hydrogens (tertiary/aromatic N) is 1. The molecule has 0 radical (unpaired) electrons.